The number of nitrogens with zero attached hydrogens (tertiary/aromatic N) is 2. The zero-order valence-corrected chi connectivity index (χ0v) is 18.6. The van der Waals surface area contributed by atoms with E-state index >= 15 is 0 Å². The fourth-order valence-corrected chi connectivity index (χ4v) is 4.06. The molecule has 2 aromatic heterocycles. The van der Waals surface area contributed by atoms with Crippen molar-refractivity contribution in [1.82, 2.24) is 14.9 Å². The molecule has 5 rings (SSSR count). The number of carbonyl (C=O) groups is 1. The molecule has 0 atom stereocenters. The predicted molar refractivity (Wildman–Crippen MR) is 131 cm³/mol. The molecule has 0 aliphatic carbocycles. The summed E-state index contributed by atoms with van der Waals surface area (Å²) in [5, 5.41) is 5.25. The second-order valence-corrected chi connectivity index (χ2v) is 8.21. The summed E-state index contributed by atoms with van der Waals surface area (Å²) in [6, 6.07) is 20.1. The molecular weight excluding hydrogens is 456 g/mol. The van der Waals surface area contributed by atoms with Crippen LogP contribution in [0, 0.1) is 11.6 Å². The molecule has 168 valence electrons. The number of benzene rings is 3. The fraction of sp³-hybridized carbons (Fsp3) is 0.0370. The number of hydrogen-bond donors (Lipinski definition) is 1. The molecule has 0 radical (unpaired) electrons. The number of para-hydroxylation sites is 1. The molecule has 5 aromatic rings. The van der Waals surface area contributed by atoms with Crippen LogP contribution in [0.5, 0.6) is 0 Å². The molecule has 0 unspecified atom stereocenters. The lowest BCUT2D eigenvalue weighted by molar-refractivity contribution is -0.116. The van der Waals surface area contributed by atoms with Crippen LogP contribution < -0.4 is 5.32 Å². The molecule has 1 amide bonds. The number of pyridine rings is 1. The fourth-order valence-electron chi connectivity index (χ4n) is 3.94. The van der Waals surface area contributed by atoms with Gasteiger partial charge < -0.3 is 9.88 Å². The number of nitrogens with one attached hydrogen (secondary N) is 1. The van der Waals surface area contributed by atoms with Gasteiger partial charge in [0, 0.05) is 27.9 Å². The summed E-state index contributed by atoms with van der Waals surface area (Å²) in [5.74, 6) is -1.56. The Balaban J connectivity index is 1.44. The molecule has 7 heteroatoms. The average molecular weight is 474 g/mol. The first-order chi connectivity index (χ1) is 16.5. The summed E-state index contributed by atoms with van der Waals surface area (Å²) in [5.41, 5.74) is 3.41. The van der Waals surface area contributed by atoms with Gasteiger partial charge in [0.1, 0.15) is 11.6 Å². The highest BCUT2D eigenvalue weighted by atomic mass is 35.5. The second kappa shape index (κ2) is 9.08. The standard InChI is InChI=1S/C27H18ClF2N3O/c28-18-8-5-17(6-9-18)7-10-27(34)32-15-21-14-24-23-3-1-2-4-25(23)33(26(24)16-31-21)22-12-19(29)11-20(30)13-22/h1-14,16H,15H2,(H,32,34)/b10-7+. The highest BCUT2D eigenvalue weighted by Gasteiger charge is 2.14. The van der Waals surface area contributed by atoms with Crippen LogP contribution in [0.1, 0.15) is 11.3 Å². The summed E-state index contributed by atoms with van der Waals surface area (Å²) in [6.07, 6.45) is 4.81. The van der Waals surface area contributed by atoms with Gasteiger partial charge in [0.05, 0.1) is 35.2 Å². The van der Waals surface area contributed by atoms with Gasteiger partial charge in [0.2, 0.25) is 5.91 Å². The van der Waals surface area contributed by atoms with E-state index in [1.54, 1.807) is 29.0 Å². The Bertz CT molecular complexity index is 1540. The first-order valence-corrected chi connectivity index (χ1v) is 10.9. The summed E-state index contributed by atoms with van der Waals surface area (Å²) in [6.45, 7) is 0.230. The number of aromatic nitrogens is 2. The zero-order valence-electron chi connectivity index (χ0n) is 17.8. The van der Waals surface area contributed by atoms with Crippen LogP contribution in [0.25, 0.3) is 33.6 Å². The molecule has 0 bridgehead atoms. The molecule has 0 saturated carbocycles. The lowest BCUT2D eigenvalue weighted by Gasteiger charge is -2.08. The number of fused-ring (bicyclic) bond motifs is 3. The van der Waals surface area contributed by atoms with Gasteiger partial charge in [-0.25, -0.2) is 8.78 Å². The van der Waals surface area contributed by atoms with Gasteiger partial charge in [-0.05, 0) is 48.0 Å². The first kappa shape index (κ1) is 21.8. The first-order valence-electron chi connectivity index (χ1n) is 10.5. The van der Waals surface area contributed by atoms with E-state index in [4.69, 9.17) is 11.6 Å². The third kappa shape index (κ3) is 4.40. The van der Waals surface area contributed by atoms with Crippen molar-refractivity contribution >= 4 is 45.4 Å². The normalized spacial score (nSPS) is 11.5. The highest BCUT2D eigenvalue weighted by Crippen LogP contribution is 2.32. The maximum atomic E-state index is 13.9. The smallest absolute Gasteiger partial charge is 0.244 e. The predicted octanol–water partition coefficient (Wildman–Crippen LogP) is 6.44. The molecule has 0 saturated heterocycles. The number of carbonyl (C=O) groups excluding carboxylic acids is 1. The van der Waals surface area contributed by atoms with Crippen LogP contribution in [-0.4, -0.2) is 15.5 Å². The minimum atomic E-state index is -0.653. The van der Waals surface area contributed by atoms with Crippen LogP contribution in [0.4, 0.5) is 8.78 Å². The molecule has 34 heavy (non-hydrogen) atoms. The summed E-state index contributed by atoms with van der Waals surface area (Å²) < 4.78 is 29.6. The summed E-state index contributed by atoms with van der Waals surface area (Å²) in [7, 11) is 0. The lowest BCUT2D eigenvalue weighted by Crippen LogP contribution is -2.20. The third-order valence-electron chi connectivity index (χ3n) is 5.46. The van der Waals surface area contributed by atoms with Gasteiger partial charge >= 0.3 is 0 Å². The molecule has 1 N–H and O–H groups in total. The quantitative estimate of drug-likeness (QED) is 0.298. The Morgan fingerprint density at radius 1 is 0.941 bits per heavy atom. The van der Waals surface area contributed by atoms with E-state index in [1.807, 2.05) is 42.5 Å². The molecule has 4 nitrogen and oxygen atoms in total. The Hall–Kier alpha value is -4.03. The molecule has 0 fully saturated rings. The second-order valence-electron chi connectivity index (χ2n) is 7.78. The van der Waals surface area contributed by atoms with E-state index in [2.05, 4.69) is 10.3 Å². The number of hydrogen-bond acceptors (Lipinski definition) is 2. The minimum absolute atomic E-state index is 0.230. The maximum absolute atomic E-state index is 13.9. The van der Waals surface area contributed by atoms with Gasteiger partial charge in [-0.3, -0.25) is 9.78 Å². The maximum Gasteiger partial charge on any atom is 0.244 e. The van der Waals surface area contributed by atoms with Crippen LogP contribution >= 0.6 is 11.6 Å². The van der Waals surface area contributed by atoms with E-state index in [-0.39, 0.29) is 12.5 Å². The molecule has 0 aliphatic rings. The zero-order chi connectivity index (χ0) is 23.7. The van der Waals surface area contributed by atoms with Crippen molar-refractivity contribution in [2.45, 2.75) is 6.54 Å². The van der Waals surface area contributed by atoms with E-state index in [0.717, 1.165) is 27.9 Å². The van der Waals surface area contributed by atoms with Crippen molar-refractivity contribution < 1.29 is 13.6 Å². The minimum Gasteiger partial charge on any atom is -0.347 e. The molecular formula is C27H18ClF2N3O. The third-order valence-corrected chi connectivity index (χ3v) is 5.71. The molecule has 0 aliphatic heterocycles. The average Bonchev–Trinajstić information content (AvgIpc) is 3.15. The molecule has 3 aromatic carbocycles. The van der Waals surface area contributed by atoms with Gasteiger partial charge in [0.25, 0.3) is 0 Å². The van der Waals surface area contributed by atoms with Crippen LogP contribution in [0.15, 0.2) is 85.1 Å². The Kier molecular flexibility index (Phi) is 5.82. The Morgan fingerprint density at radius 3 is 2.44 bits per heavy atom. The number of amides is 1. The highest BCUT2D eigenvalue weighted by molar-refractivity contribution is 6.30. The Labute approximate surface area is 199 Å². The van der Waals surface area contributed by atoms with E-state index in [1.165, 1.54) is 18.2 Å². The largest absolute Gasteiger partial charge is 0.347 e. The summed E-state index contributed by atoms with van der Waals surface area (Å²) >= 11 is 5.87. The van der Waals surface area contributed by atoms with Gasteiger partial charge in [-0.1, -0.05) is 41.9 Å². The summed E-state index contributed by atoms with van der Waals surface area (Å²) in [4.78, 5) is 16.7. The Morgan fingerprint density at radius 2 is 1.68 bits per heavy atom. The van der Waals surface area contributed by atoms with Crippen molar-refractivity contribution in [3.05, 3.63) is 113 Å². The van der Waals surface area contributed by atoms with E-state index < -0.39 is 11.6 Å². The monoisotopic (exact) mass is 473 g/mol. The molecule has 0 spiro atoms. The van der Waals surface area contributed by atoms with Crippen molar-refractivity contribution in [1.29, 1.82) is 0 Å². The van der Waals surface area contributed by atoms with Crippen LogP contribution in [-0.2, 0) is 11.3 Å². The van der Waals surface area contributed by atoms with Gasteiger partial charge in [-0.15, -0.1) is 0 Å². The number of halogens is 3. The van der Waals surface area contributed by atoms with E-state index in [0.29, 0.717) is 21.9 Å². The van der Waals surface area contributed by atoms with Crippen molar-refractivity contribution in [3.8, 4) is 5.69 Å². The molecule has 2 heterocycles. The number of rotatable bonds is 5. The van der Waals surface area contributed by atoms with Gasteiger partial charge in [0.15, 0.2) is 0 Å². The van der Waals surface area contributed by atoms with Gasteiger partial charge in [-0.2, -0.15) is 0 Å². The van der Waals surface area contributed by atoms with Crippen molar-refractivity contribution in [2.75, 3.05) is 0 Å². The lowest BCUT2D eigenvalue weighted by atomic mass is 10.1. The van der Waals surface area contributed by atoms with Crippen LogP contribution in [0.2, 0.25) is 5.02 Å². The topological polar surface area (TPSA) is 46.9 Å². The SMILES string of the molecule is O=C(/C=C/c1ccc(Cl)cc1)NCc1cc2c3ccccc3n(-c3cc(F)cc(F)c3)c2cn1. The van der Waals surface area contributed by atoms with Crippen molar-refractivity contribution in [2.24, 2.45) is 0 Å². The van der Waals surface area contributed by atoms with Crippen molar-refractivity contribution in [3.63, 3.8) is 0 Å². The van der Waals surface area contributed by atoms with E-state index in [9.17, 15) is 13.6 Å². The van der Waals surface area contributed by atoms with Crippen LogP contribution in [0.3, 0.4) is 0 Å².